The van der Waals surface area contributed by atoms with Gasteiger partial charge in [0.15, 0.2) is 0 Å². The molecule has 0 atom stereocenters. The van der Waals surface area contributed by atoms with Gasteiger partial charge in [-0.2, -0.15) is 0 Å². The maximum absolute atomic E-state index is 12.0. The van der Waals surface area contributed by atoms with Gasteiger partial charge in [0.1, 0.15) is 0 Å². The van der Waals surface area contributed by atoms with E-state index >= 15 is 0 Å². The molecule has 0 aliphatic carbocycles. The highest BCUT2D eigenvalue weighted by Crippen LogP contribution is 2.34. The van der Waals surface area contributed by atoms with Gasteiger partial charge >= 0.3 is 0 Å². The lowest BCUT2D eigenvalue weighted by molar-refractivity contribution is -0.384. The fourth-order valence-electron chi connectivity index (χ4n) is 1.74. The first-order chi connectivity index (χ1) is 10.9. The maximum Gasteiger partial charge on any atom is 0.272 e. The number of hydrogen-bond donors (Lipinski definition) is 1. The minimum atomic E-state index is -0.601. The molecular formula is C15H12Cl2N2O3S. The molecule has 23 heavy (non-hydrogen) atoms. The molecule has 1 N–H and O–H groups in total. The van der Waals surface area contributed by atoms with Crippen LogP contribution in [0.4, 0.5) is 11.4 Å². The number of benzene rings is 2. The van der Waals surface area contributed by atoms with E-state index in [4.69, 9.17) is 23.2 Å². The quantitative estimate of drug-likeness (QED) is 0.459. The molecule has 0 aromatic heterocycles. The van der Waals surface area contributed by atoms with E-state index in [1.807, 2.05) is 31.2 Å². The summed E-state index contributed by atoms with van der Waals surface area (Å²) in [4.78, 5) is 23.1. The fraction of sp³-hybridized carbons (Fsp3) is 0.133. The number of nitro benzene ring substituents is 1. The summed E-state index contributed by atoms with van der Waals surface area (Å²) < 4.78 is 0. The Morgan fingerprint density at radius 3 is 2.30 bits per heavy atom. The Morgan fingerprint density at radius 1 is 1.22 bits per heavy atom. The van der Waals surface area contributed by atoms with Crippen LogP contribution < -0.4 is 5.32 Å². The van der Waals surface area contributed by atoms with Crippen molar-refractivity contribution in [1.82, 2.24) is 0 Å². The summed E-state index contributed by atoms with van der Waals surface area (Å²) in [6.45, 7) is 1.99. The molecule has 0 spiro atoms. The normalized spacial score (nSPS) is 10.4. The summed E-state index contributed by atoms with van der Waals surface area (Å²) in [5.74, 6) is -0.125. The van der Waals surface area contributed by atoms with Crippen LogP contribution in [-0.2, 0) is 4.79 Å². The molecule has 0 saturated carbocycles. The second-order valence-corrected chi connectivity index (χ2v) is 6.55. The Bertz CT molecular complexity index is 728. The summed E-state index contributed by atoms with van der Waals surface area (Å²) in [5.41, 5.74) is 1.09. The number of hydrogen-bond acceptors (Lipinski definition) is 4. The Labute approximate surface area is 147 Å². The predicted molar refractivity (Wildman–Crippen MR) is 93.6 cm³/mol. The van der Waals surface area contributed by atoms with Crippen LogP contribution in [0.25, 0.3) is 0 Å². The molecular weight excluding hydrogens is 359 g/mol. The van der Waals surface area contributed by atoms with Crippen LogP contribution in [0.1, 0.15) is 5.56 Å². The number of amides is 1. The van der Waals surface area contributed by atoms with Gasteiger partial charge in [-0.1, -0.05) is 40.9 Å². The van der Waals surface area contributed by atoms with Crippen molar-refractivity contribution in [3.63, 3.8) is 0 Å². The number of nitrogens with zero attached hydrogens (tertiary/aromatic N) is 1. The molecule has 0 unspecified atom stereocenters. The fourth-order valence-corrected chi connectivity index (χ4v) is 3.01. The van der Waals surface area contributed by atoms with E-state index in [9.17, 15) is 14.9 Å². The number of carbonyl (C=O) groups excluding carboxylic acids is 1. The van der Waals surface area contributed by atoms with Crippen molar-refractivity contribution in [3.8, 4) is 0 Å². The highest BCUT2D eigenvalue weighted by Gasteiger charge is 2.16. The summed E-state index contributed by atoms with van der Waals surface area (Å²) in [6, 6.07) is 10.1. The van der Waals surface area contributed by atoms with Crippen LogP contribution >= 0.6 is 35.0 Å². The maximum atomic E-state index is 12.0. The molecule has 0 saturated heterocycles. The van der Waals surface area contributed by atoms with E-state index in [2.05, 4.69) is 5.32 Å². The summed E-state index contributed by atoms with van der Waals surface area (Å²) in [5, 5.41) is 13.4. The highest BCUT2D eigenvalue weighted by atomic mass is 35.5. The number of non-ortho nitro benzene ring substituents is 1. The van der Waals surface area contributed by atoms with Crippen molar-refractivity contribution < 1.29 is 9.72 Å². The lowest BCUT2D eigenvalue weighted by Gasteiger charge is -2.09. The number of anilines is 1. The topological polar surface area (TPSA) is 72.2 Å². The standard InChI is InChI=1S/C15H12Cl2N2O3S/c1-9-2-4-11(5-3-9)23-8-14(20)18-15-12(16)6-10(19(21)22)7-13(15)17/h2-7H,8H2,1H3,(H,18,20). The molecule has 0 aliphatic rings. The van der Waals surface area contributed by atoms with Gasteiger partial charge in [-0.3, -0.25) is 14.9 Å². The van der Waals surface area contributed by atoms with E-state index in [0.29, 0.717) is 0 Å². The number of aryl methyl sites for hydroxylation is 1. The SMILES string of the molecule is Cc1ccc(SCC(=O)Nc2c(Cl)cc([N+](=O)[O-])cc2Cl)cc1. The summed E-state index contributed by atoms with van der Waals surface area (Å²) >= 11 is 13.3. The van der Waals surface area contributed by atoms with Crippen LogP contribution in [0, 0.1) is 17.0 Å². The van der Waals surface area contributed by atoms with E-state index < -0.39 is 4.92 Å². The first-order valence-corrected chi connectivity index (χ1v) is 8.23. The minimum absolute atomic E-state index is 0.0258. The second kappa shape index (κ2) is 7.68. The average Bonchev–Trinajstić information content (AvgIpc) is 2.50. The monoisotopic (exact) mass is 370 g/mol. The number of nitrogens with one attached hydrogen (secondary N) is 1. The van der Waals surface area contributed by atoms with Gasteiger partial charge in [0, 0.05) is 17.0 Å². The number of halogens is 2. The van der Waals surface area contributed by atoms with Crippen molar-refractivity contribution in [2.75, 3.05) is 11.1 Å². The molecule has 0 fully saturated rings. The van der Waals surface area contributed by atoms with Crippen molar-refractivity contribution in [1.29, 1.82) is 0 Å². The van der Waals surface area contributed by atoms with Crippen LogP contribution in [0.5, 0.6) is 0 Å². The Hall–Kier alpha value is -1.76. The number of carbonyl (C=O) groups is 1. The van der Waals surface area contributed by atoms with Gasteiger partial charge < -0.3 is 5.32 Å². The van der Waals surface area contributed by atoms with Gasteiger partial charge in [-0.15, -0.1) is 11.8 Å². The van der Waals surface area contributed by atoms with Gasteiger partial charge in [-0.25, -0.2) is 0 Å². The van der Waals surface area contributed by atoms with Gasteiger partial charge in [0.2, 0.25) is 5.91 Å². The Kier molecular flexibility index (Phi) is 5.87. The molecule has 1 amide bonds. The average molecular weight is 371 g/mol. The number of nitro groups is 1. The van der Waals surface area contributed by atoms with Crippen molar-refractivity contribution >= 4 is 52.2 Å². The first-order valence-electron chi connectivity index (χ1n) is 6.49. The highest BCUT2D eigenvalue weighted by molar-refractivity contribution is 8.00. The zero-order valence-electron chi connectivity index (χ0n) is 12.0. The largest absolute Gasteiger partial charge is 0.323 e. The van der Waals surface area contributed by atoms with E-state index in [0.717, 1.165) is 22.6 Å². The van der Waals surface area contributed by atoms with Crippen molar-refractivity contribution in [3.05, 3.63) is 62.1 Å². The molecule has 0 heterocycles. The molecule has 8 heteroatoms. The smallest absolute Gasteiger partial charge is 0.272 e. The van der Waals surface area contributed by atoms with E-state index in [1.165, 1.54) is 11.8 Å². The van der Waals surface area contributed by atoms with Crippen molar-refractivity contribution in [2.45, 2.75) is 11.8 Å². The van der Waals surface area contributed by atoms with E-state index in [-0.39, 0.29) is 33.1 Å². The molecule has 0 aliphatic heterocycles. The van der Waals surface area contributed by atoms with Crippen LogP contribution in [0.2, 0.25) is 10.0 Å². The molecule has 2 aromatic carbocycles. The zero-order chi connectivity index (χ0) is 17.0. The lowest BCUT2D eigenvalue weighted by Crippen LogP contribution is -2.14. The van der Waals surface area contributed by atoms with Crippen LogP contribution in [0.3, 0.4) is 0 Å². The molecule has 0 radical (unpaired) electrons. The van der Waals surface area contributed by atoms with Gasteiger partial charge in [0.05, 0.1) is 26.4 Å². The Balaban J connectivity index is 2.02. The van der Waals surface area contributed by atoms with Crippen LogP contribution in [-0.4, -0.2) is 16.6 Å². The molecule has 2 rings (SSSR count). The molecule has 120 valence electrons. The molecule has 0 bridgehead atoms. The third-order valence-electron chi connectivity index (χ3n) is 2.89. The third-order valence-corrected chi connectivity index (χ3v) is 4.50. The number of thioether (sulfide) groups is 1. The first kappa shape index (κ1) is 17.6. The van der Waals surface area contributed by atoms with Gasteiger partial charge in [-0.05, 0) is 19.1 Å². The van der Waals surface area contributed by atoms with Crippen molar-refractivity contribution in [2.24, 2.45) is 0 Å². The minimum Gasteiger partial charge on any atom is -0.323 e. The predicted octanol–water partition coefficient (Wildman–Crippen LogP) is 4.94. The third kappa shape index (κ3) is 4.86. The Morgan fingerprint density at radius 2 is 1.78 bits per heavy atom. The van der Waals surface area contributed by atoms with Crippen LogP contribution in [0.15, 0.2) is 41.3 Å². The zero-order valence-corrected chi connectivity index (χ0v) is 14.3. The lowest BCUT2D eigenvalue weighted by atomic mass is 10.2. The second-order valence-electron chi connectivity index (χ2n) is 4.69. The summed E-state index contributed by atoms with van der Waals surface area (Å²) in [6.07, 6.45) is 0. The van der Waals surface area contributed by atoms with E-state index in [1.54, 1.807) is 0 Å². The summed E-state index contributed by atoms with van der Waals surface area (Å²) in [7, 11) is 0. The van der Waals surface area contributed by atoms with Gasteiger partial charge in [0.25, 0.3) is 5.69 Å². The molecule has 2 aromatic rings. The molecule has 5 nitrogen and oxygen atoms in total. The number of rotatable bonds is 5.